The fourth-order valence-corrected chi connectivity index (χ4v) is 1.50. The van der Waals surface area contributed by atoms with Crippen molar-refractivity contribution in [2.24, 2.45) is 5.73 Å². The van der Waals surface area contributed by atoms with Gasteiger partial charge >= 0.3 is 0 Å². The summed E-state index contributed by atoms with van der Waals surface area (Å²) in [5.41, 5.74) is 5.52. The molecule has 0 fully saturated rings. The Hall–Kier alpha value is -0.550. The van der Waals surface area contributed by atoms with Gasteiger partial charge < -0.3 is 5.73 Å². The van der Waals surface area contributed by atoms with Crippen LogP contribution >= 0.6 is 11.8 Å². The predicted octanol–water partition coefficient (Wildman–Crippen LogP) is 0.634. The van der Waals surface area contributed by atoms with Crippen molar-refractivity contribution in [3.05, 3.63) is 6.33 Å². The van der Waals surface area contributed by atoms with Crippen molar-refractivity contribution < 1.29 is 0 Å². The highest BCUT2D eigenvalue weighted by Crippen LogP contribution is 2.19. The lowest BCUT2D eigenvalue weighted by Gasteiger charge is -2.07. The molecular formula is C6H12N4S. The van der Waals surface area contributed by atoms with E-state index in [9.17, 15) is 0 Å². The predicted molar refractivity (Wildman–Crippen MR) is 45.4 cm³/mol. The molecule has 62 valence electrons. The van der Waals surface area contributed by atoms with E-state index in [1.165, 1.54) is 6.33 Å². The van der Waals surface area contributed by atoms with Gasteiger partial charge in [-0.15, -0.1) is 0 Å². The minimum Gasteiger partial charge on any atom is -0.329 e. The van der Waals surface area contributed by atoms with Gasteiger partial charge in [-0.25, -0.2) is 4.98 Å². The molecule has 0 bridgehead atoms. The number of nitrogens with zero attached hydrogens (tertiary/aromatic N) is 2. The maximum atomic E-state index is 5.52. The molecule has 0 aliphatic heterocycles. The topological polar surface area (TPSA) is 67.6 Å². The molecule has 1 heterocycles. The summed E-state index contributed by atoms with van der Waals surface area (Å²) in [6.45, 7) is 2.79. The van der Waals surface area contributed by atoms with E-state index in [1.54, 1.807) is 11.8 Å². The summed E-state index contributed by atoms with van der Waals surface area (Å²) in [5, 5.41) is 7.83. The monoisotopic (exact) mass is 172 g/mol. The highest BCUT2D eigenvalue weighted by molar-refractivity contribution is 7.99. The van der Waals surface area contributed by atoms with E-state index in [0.717, 1.165) is 11.6 Å². The summed E-state index contributed by atoms with van der Waals surface area (Å²) < 4.78 is 0. The van der Waals surface area contributed by atoms with Gasteiger partial charge in [0.2, 0.25) is 0 Å². The molecule has 1 atom stereocenters. The number of nitrogens with one attached hydrogen (secondary N) is 1. The maximum Gasteiger partial charge on any atom is 0.183 e. The molecule has 3 N–H and O–H groups in total. The Morgan fingerprint density at radius 3 is 3.09 bits per heavy atom. The fraction of sp³-hybridized carbons (Fsp3) is 0.667. The molecule has 0 amide bonds. The van der Waals surface area contributed by atoms with Crippen LogP contribution in [0.3, 0.4) is 0 Å². The Morgan fingerprint density at radius 1 is 1.82 bits per heavy atom. The number of hydrogen-bond acceptors (Lipinski definition) is 4. The van der Waals surface area contributed by atoms with Crippen molar-refractivity contribution in [2.75, 3.05) is 6.54 Å². The summed E-state index contributed by atoms with van der Waals surface area (Å²) in [7, 11) is 0. The number of rotatable bonds is 4. The minimum atomic E-state index is 0.447. The first-order chi connectivity index (χ1) is 5.36. The van der Waals surface area contributed by atoms with E-state index >= 15 is 0 Å². The number of thioether (sulfide) groups is 1. The van der Waals surface area contributed by atoms with Crippen molar-refractivity contribution in [2.45, 2.75) is 23.8 Å². The zero-order valence-corrected chi connectivity index (χ0v) is 7.27. The van der Waals surface area contributed by atoms with Crippen LogP contribution in [-0.2, 0) is 0 Å². The molecule has 0 saturated carbocycles. The fourth-order valence-electron chi connectivity index (χ4n) is 0.707. The highest BCUT2D eigenvalue weighted by atomic mass is 32.2. The Morgan fingerprint density at radius 2 is 2.64 bits per heavy atom. The van der Waals surface area contributed by atoms with Gasteiger partial charge in [-0.05, 0) is 6.42 Å². The number of hydrogen-bond donors (Lipinski definition) is 2. The lowest BCUT2D eigenvalue weighted by atomic mass is 10.3. The molecule has 11 heavy (non-hydrogen) atoms. The van der Waals surface area contributed by atoms with Crippen LogP contribution < -0.4 is 5.73 Å². The number of nitrogens with two attached hydrogens (primary N) is 1. The SMILES string of the molecule is CCC(CN)Sc1ncn[nH]1. The van der Waals surface area contributed by atoms with Crippen LogP contribution in [0.15, 0.2) is 11.5 Å². The maximum absolute atomic E-state index is 5.52. The van der Waals surface area contributed by atoms with Crippen molar-refractivity contribution in [1.82, 2.24) is 15.2 Å². The van der Waals surface area contributed by atoms with E-state index in [1.807, 2.05) is 0 Å². The smallest absolute Gasteiger partial charge is 0.183 e. The van der Waals surface area contributed by atoms with E-state index in [2.05, 4.69) is 22.1 Å². The Balaban J connectivity index is 2.41. The highest BCUT2D eigenvalue weighted by Gasteiger charge is 2.06. The zero-order chi connectivity index (χ0) is 8.10. The summed E-state index contributed by atoms with van der Waals surface area (Å²) in [5.74, 6) is 0. The van der Waals surface area contributed by atoms with Gasteiger partial charge in [0.05, 0.1) is 0 Å². The quantitative estimate of drug-likeness (QED) is 0.654. The second-order valence-corrected chi connectivity index (χ2v) is 3.46. The average molecular weight is 172 g/mol. The standard InChI is InChI=1S/C6H12N4S/c1-2-5(3-7)11-6-8-4-9-10-6/h4-5H,2-3,7H2,1H3,(H,8,9,10). The van der Waals surface area contributed by atoms with Gasteiger partial charge in [-0.3, -0.25) is 5.10 Å². The molecule has 0 aromatic carbocycles. The lowest BCUT2D eigenvalue weighted by molar-refractivity contribution is 0.819. The molecule has 1 unspecified atom stereocenters. The molecule has 0 saturated heterocycles. The Labute approximate surface area is 70.0 Å². The third-order valence-electron chi connectivity index (χ3n) is 1.39. The molecular weight excluding hydrogens is 160 g/mol. The number of aromatic nitrogens is 3. The number of aromatic amines is 1. The second-order valence-electron chi connectivity index (χ2n) is 2.17. The van der Waals surface area contributed by atoms with Crippen LogP contribution in [0.1, 0.15) is 13.3 Å². The lowest BCUT2D eigenvalue weighted by Crippen LogP contribution is -2.15. The third-order valence-corrected chi connectivity index (χ3v) is 2.67. The van der Waals surface area contributed by atoms with Crippen molar-refractivity contribution in [1.29, 1.82) is 0 Å². The molecule has 5 heteroatoms. The molecule has 1 aromatic heterocycles. The van der Waals surface area contributed by atoms with Gasteiger partial charge in [0.25, 0.3) is 0 Å². The molecule has 0 aliphatic rings. The summed E-state index contributed by atoms with van der Waals surface area (Å²) in [4.78, 5) is 3.99. The first-order valence-electron chi connectivity index (χ1n) is 3.59. The van der Waals surface area contributed by atoms with E-state index in [-0.39, 0.29) is 0 Å². The van der Waals surface area contributed by atoms with Crippen LogP contribution in [0.25, 0.3) is 0 Å². The normalized spacial score (nSPS) is 13.3. The molecule has 0 radical (unpaired) electrons. The van der Waals surface area contributed by atoms with Gasteiger partial charge in [0, 0.05) is 11.8 Å². The van der Waals surface area contributed by atoms with Crippen LogP contribution in [0.2, 0.25) is 0 Å². The summed E-state index contributed by atoms with van der Waals surface area (Å²) in [6, 6.07) is 0. The first-order valence-corrected chi connectivity index (χ1v) is 4.46. The molecule has 1 aromatic rings. The van der Waals surface area contributed by atoms with Gasteiger partial charge in [-0.1, -0.05) is 18.7 Å². The van der Waals surface area contributed by atoms with Crippen LogP contribution in [0.4, 0.5) is 0 Å². The van der Waals surface area contributed by atoms with Crippen molar-refractivity contribution in [3.8, 4) is 0 Å². The second kappa shape index (κ2) is 4.35. The Bertz CT molecular complexity index is 182. The first kappa shape index (κ1) is 8.55. The largest absolute Gasteiger partial charge is 0.329 e. The molecule has 0 spiro atoms. The van der Waals surface area contributed by atoms with E-state index in [0.29, 0.717) is 11.8 Å². The third kappa shape index (κ3) is 2.51. The average Bonchev–Trinajstić information content (AvgIpc) is 2.52. The number of H-pyrrole nitrogens is 1. The molecule has 0 aliphatic carbocycles. The molecule has 4 nitrogen and oxygen atoms in total. The summed E-state index contributed by atoms with van der Waals surface area (Å²) >= 11 is 1.64. The van der Waals surface area contributed by atoms with Gasteiger partial charge in [0.15, 0.2) is 5.16 Å². The van der Waals surface area contributed by atoms with Crippen LogP contribution in [-0.4, -0.2) is 27.0 Å². The van der Waals surface area contributed by atoms with Crippen LogP contribution in [0, 0.1) is 0 Å². The minimum absolute atomic E-state index is 0.447. The van der Waals surface area contributed by atoms with Crippen LogP contribution in [0.5, 0.6) is 0 Å². The van der Waals surface area contributed by atoms with E-state index in [4.69, 9.17) is 5.73 Å². The van der Waals surface area contributed by atoms with Gasteiger partial charge in [0.1, 0.15) is 6.33 Å². The van der Waals surface area contributed by atoms with Crippen molar-refractivity contribution in [3.63, 3.8) is 0 Å². The van der Waals surface area contributed by atoms with Crippen molar-refractivity contribution >= 4 is 11.8 Å². The Kier molecular flexibility index (Phi) is 3.38. The zero-order valence-electron chi connectivity index (χ0n) is 6.45. The van der Waals surface area contributed by atoms with E-state index < -0.39 is 0 Å². The summed E-state index contributed by atoms with van der Waals surface area (Å²) in [6.07, 6.45) is 2.56. The van der Waals surface area contributed by atoms with Gasteiger partial charge in [-0.2, -0.15) is 5.10 Å². The molecule has 1 rings (SSSR count).